The van der Waals surface area contributed by atoms with Gasteiger partial charge in [-0.3, -0.25) is 4.79 Å². The maximum Gasteiger partial charge on any atom is 0.338 e. The number of fused-ring (bicyclic) bond motifs is 1. The van der Waals surface area contributed by atoms with E-state index in [1.165, 1.54) is 0 Å². The number of aryl methyl sites for hydroxylation is 3. The molecule has 1 aromatic heterocycles. The molecule has 0 atom stereocenters. The highest BCUT2D eigenvalue weighted by Crippen LogP contribution is 2.33. The fourth-order valence-corrected chi connectivity index (χ4v) is 3.93. The Bertz CT molecular complexity index is 1150. The number of aromatic nitrogens is 1. The van der Waals surface area contributed by atoms with Crippen LogP contribution in [0.15, 0.2) is 42.5 Å². The summed E-state index contributed by atoms with van der Waals surface area (Å²) in [5.74, 6) is 0.762. The number of ketones is 1. The highest BCUT2D eigenvalue weighted by molar-refractivity contribution is 6.00. The summed E-state index contributed by atoms with van der Waals surface area (Å²) in [5.41, 5.74) is 5.81. The molecule has 6 nitrogen and oxygen atoms in total. The number of ether oxygens (including phenoxy) is 3. The molecule has 4 rings (SSSR count). The molecule has 0 amide bonds. The van der Waals surface area contributed by atoms with E-state index in [1.807, 2.05) is 58.0 Å². The molecule has 0 radical (unpaired) electrons. The van der Waals surface area contributed by atoms with E-state index in [0.29, 0.717) is 17.7 Å². The minimum atomic E-state index is -0.491. The number of benzene rings is 2. The van der Waals surface area contributed by atoms with E-state index in [9.17, 15) is 9.59 Å². The first-order valence-corrected chi connectivity index (χ1v) is 10.2. The van der Waals surface area contributed by atoms with Gasteiger partial charge in [-0.1, -0.05) is 23.3 Å². The Balaban J connectivity index is 1.46. The average Bonchev–Trinajstić information content (AvgIpc) is 3.30. The molecule has 0 N–H and O–H groups in total. The van der Waals surface area contributed by atoms with Gasteiger partial charge in [-0.05, 0) is 63.6 Å². The quantitative estimate of drug-likeness (QED) is 0.434. The Kier molecular flexibility index (Phi) is 5.55. The van der Waals surface area contributed by atoms with Crippen LogP contribution < -0.4 is 9.47 Å². The van der Waals surface area contributed by atoms with Crippen molar-refractivity contribution >= 4 is 11.8 Å². The van der Waals surface area contributed by atoms with Crippen LogP contribution in [0.4, 0.5) is 0 Å². The van der Waals surface area contributed by atoms with Crippen LogP contribution in [0, 0.1) is 27.7 Å². The minimum absolute atomic E-state index is 0.220. The fraction of sp³-hybridized carbons (Fsp3) is 0.280. The molecule has 0 spiro atoms. The number of rotatable bonds is 6. The third-order valence-corrected chi connectivity index (χ3v) is 5.44. The molecule has 1 aliphatic heterocycles. The van der Waals surface area contributed by atoms with Crippen molar-refractivity contribution in [2.24, 2.45) is 0 Å². The van der Waals surface area contributed by atoms with Gasteiger partial charge < -0.3 is 18.8 Å². The second kappa shape index (κ2) is 8.30. The molecule has 31 heavy (non-hydrogen) atoms. The Hall–Kier alpha value is -3.54. The van der Waals surface area contributed by atoms with Crippen molar-refractivity contribution in [1.29, 1.82) is 0 Å². The number of Topliss-reactive ketones (excluding diaryl/α,β-unsaturated/α-hetero) is 1. The summed E-state index contributed by atoms with van der Waals surface area (Å²) < 4.78 is 18.2. The van der Waals surface area contributed by atoms with E-state index in [4.69, 9.17) is 14.2 Å². The lowest BCUT2D eigenvalue weighted by Crippen LogP contribution is -2.15. The van der Waals surface area contributed by atoms with Gasteiger partial charge >= 0.3 is 5.97 Å². The van der Waals surface area contributed by atoms with Gasteiger partial charge in [0.1, 0.15) is 0 Å². The molecule has 0 saturated carbocycles. The van der Waals surface area contributed by atoms with Crippen molar-refractivity contribution in [3.05, 3.63) is 81.7 Å². The fourth-order valence-electron chi connectivity index (χ4n) is 3.93. The summed E-state index contributed by atoms with van der Waals surface area (Å²) in [5, 5.41) is 0. The van der Waals surface area contributed by atoms with Gasteiger partial charge in [-0.15, -0.1) is 0 Å². The Labute approximate surface area is 181 Å². The van der Waals surface area contributed by atoms with Gasteiger partial charge in [-0.25, -0.2) is 4.79 Å². The van der Waals surface area contributed by atoms with Gasteiger partial charge in [0.05, 0.1) is 5.56 Å². The Morgan fingerprint density at radius 1 is 0.935 bits per heavy atom. The predicted octanol–water partition coefficient (Wildman–Crippen LogP) is 4.54. The van der Waals surface area contributed by atoms with Crippen molar-refractivity contribution in [1.82, 2.24) is 4.57 Å². The largest absolute Gasteiger partial charge is 0.454 e. The van der Waals surface area contributed by atoms with Gasteiger partial charge in [0.15, 0.2) is 18.1 Å². The molecule has 0 saturated heterocycles. The smallest absolute Gasteiger partial charge is 0.338 e. The van der Waals surface area contributed by atoms with E-state index in [0.717, 1.165) is 39.6 Å². The SMILES string of the molecule is Cc1cc(C)cc(C(=O)OCC(=O)c2cc(C)n(Cc3ccc4c(c3)OCO4)c2C)c1. The molecule has 160 valence electrons. The lowest BCUT2D eigenvalue weighted by molar-refractivity contribution is 0.0474. The van der Waals surface area contributed by atoms with E-state index >= 15 is 0 Å². The summed E-state index contributed by atoms with van der Waals surface area (Å²) in [7, 11) is 0. The van der Waals surface area contributed by atoms with Crippen LogP contribution in [-0.4, -0.2) is 29.7 Å². The van der Waals surface area contributed by atoms with Gasteiger partial charge in [0.25, 0.3) is 0 Å². The zero-order chi connectivity index (χ0) is 22.1. The summed E-state index contributed by atoms with van der Waals surface area (Å²) in [6, 6.07) is 13.2. The van der Waals surface area contributed by atoms with Crippen LogP contribution in [0.1, 0.15) is 48.8 Å². The normalized spacial score (nSPS) is 12.1. The van der Waals surface area contributed by atoms with Crippen LogP contribution in [-0.2, 0) is 11.3 Å². The minimum Gasteiger partial charge on any atom is -0.454 e. The van der Waals surface area contributed by atoms with Crippen LogP contribution in [0.5, 0.6) is 11.5 Å². The summed E-state index contributed by atoms with van der Waals surface area (Å²) in [4.78, 5) is 25.2. The van der Waals surface area contributed by atoms with Crippen molar-refractivity contribution in [3.8, 4) is 11.5 Å². The molecule has 6 heteroatoms. The molecule has 3 aromatic rings. The van der Waals surface area contributed by atoms with Gasteiger partial charge in [-0.2, -0.15) is 0 Å². The summed E-state index contributed by atoms with van der Waals surface area (Å²) in [6.07, 6.45) is 0. The molecule has 1 aliphatic rings. The summed E-state index contributed by atoms with van der Waals surface area (Å²) in [6.45, 7) is 8.25. The maximum atomic E-state index is 12.8. The van der Waals surface area contributed by atoms with Crippen molar-refractivity contribution in [3.63, 3.8) is 0 Å². The monoisotopic (exact) mass is 419 g/mol. The number of nitrogens with zero attached hydrogens (tertiary/aromatic N) is 1. The lowest BCUT2D eigenvalue weighted by Gasteiger charge is -2.11. The lowest BCUT2D eigenvalue weighted by atomic mass is 10.1. The zero-order valence-electron chi connectivity index (χ0n) is 18.2. The first-order chi connectivity index (χ1) is 14.8. The van der Waals surface area contributed by atoms with Crippen LogP contribution in [0.25, 0.3) is 0 Å². The second-order valence-corrected chi connectivity index (χ2v) is 7.93. The Morgan fingerprint density at radius 3 is 2.39 bits per heavy atom. The molecule has 0 fully saturated rings. The van der Waals surface area contributed by atoms with Gasteiger partial charge in [0.2, 0.25) is 12.6 Å². The molecule has 0 unspecified atom stereocenters. The van der Waals surface area contributed by atoms with Crippen LogP contribution in [0.2, 0.25) is 0 Å². The third kappa shape index (κ3) is 4.33. The van der Waals surface area contributed by atoms with Crippen molar-refractivity contribution < 1.29 is 23.8 Å². The first-order valence-electron chi connectivity index (χ1n) is 10.2. The van der Waals surface area contributed by atoms with Crippen LogP contribution in [0.3, 0.4) is 0 Å². The average molecular weight is 419 g/mol. The third-order valence-electron chi connectivity index (χ3n) is 5.44. The molecule has 2 heterocycles. The van der Waals surface area contributed by atoms with E-state index in [1.54, 1.807) is 12.1 Å². The van der Waals surface area contributed by atoms with E-state index in [2.05, 4.69) is 4.57 Å². The molecular weight excluding hydrogens is 394 g/mol. The molecule has 2 aromatic carbocycles. The topological polar surface area (TPSA) is 66.8 Å². The number of esters is 1. The van der Waals surface area contributed by atoms with Crippen LogP contribution >= 0.6 is 0 Å². The number of hydrogen-bond donors (Lipinski definition) is 0. The predicted molar refractivity (Wildman–Crippen MR) is 116 cm³/mol. The van der Waals surface area contributed by atoms with Gasteiger partial charge in [0, 0.05) is 23.5 Å². The highest BCUT2D eigenvalue weighted by atomic mass is 16.7. The Morgan fingerprint density at radius 2 is 1.65 bits per heavy atom. The number of carbonyl (C=O) groups is 2. The standard InChI is InChI=1S/C25H25NO5/c1-15-7-16(2)9-20(8-15)25(28)29-13-22(27)21-10-17(3)26(18(21)4)12-19-5-6-23-24(11-19)31-14-30-23/h5-11H,12-14H2,1-4H3. The molecular formula is C25H25NO5. The molecule has 0 aliphatic carbocycles. The highest BCUT2D eigenvalue weighted by Gasteiger charge is 2.19. The second-order valence-electron chi connectivity index (χ2n) is 7.93. The van der Waals surface area contributed by atoms with Crippen molar-refractivity contribution in [2.75, 3.05) is 13.4 Å². The first kappa shape index (κ1) is 20.7. The number of hydrogen-bond acceptors (Lipinski definition) is 5. The summed E-state index contributed by atoms with van der Waals surface area (Å²) >= 11 is 0. The maximum absolute atomic E-state index is 12.8. The number of carbonyl (C=O) groups excluding carboxylic acids is 2. The van der Waals surface area contributed by atoms with E-state index in [-0.39, 0.29) is 19.2 Å². The van der Waals surface area contributed by atoms with Crippen molar-refractivity contribution in [2.45, 2.75) is 34.2 Å². The zero-order valence-corrected chi connectivity index (χ0v) is 18.2. The molecule has 0 bridgehead atoms. The van der Waals surface area contributed by atoms with E-state index < -0.39 is 5.97 Å².